The molecule has 0 radical (unpaired) electrons. The number of carbonyl (C=O) groups is 3. The van der Waals surface area contributed by atoms with Crippen molar-refractivity contribution < 1.29 is 23.9 Å². The van der Waals surface area contributed by atoms with E-state index in [9.17, 15) is 14.4 Å². The first-order valence-electron chi connectivity index (χ1n) is 9.27. The zero-order valence-corrected chi connectivity index (χ0v) is 17.4. The monoisotopic (exact) mass is 403 g/mol. The van der Waals surface area contributed by atoms with Gasteiger partial charge >= 0.3 is 11.9 Å². The van der Waals surface area contributed by atoms with Crippen LogP contribution in [0.25, 0.3) is 0 Å². The number of thiophene rings is 1. The second-order valence-electron chi connectivity index (χ2n) is 6.06. The highest BCUT2D eigenvalue weighted by atomic mass is 32.1. The number of amides is 1. The van der Waals surface area contributed by atoms with Crippen LogP contribution in [0.1, 0.15) is 64.3 Å². The molecule has 1 N–H and O–H groups in total. The van der Waals surface area contributed by atoms with Crippen LogP contribution in [0.15, 0.2) is 30.3 Å². The van der Waals surface area contributed by atoms with Crippen LogP contribution in [0.2, 0.25) is 0 Å². The molecule has 0 bridgehead atoms. The first-order chi connectivity index (χ1) is 13.4. The molecule has 1 amide bonds. The molecule has 7 heteroatoms. The van der Waals surface area contributed by atoms with Crippen LogP contribution in [0.3, 0.4) is 0 Å². The molecule has 0 spiro atoms. The average molecular weight is 404 g/mol. The number of nitrogens with one attached hydrogen (secondary N) is 1. The highest BCUT2D eigenvalue weighted by Gasteiger charge is 2.29. The Hall–Kier alpha value is -2.67. The van der Waals surface area contributed by atoms with Gasteiger partial charge in [0.15, 0.2) is 0 Å². The molecule has 2 aromatic rings. The SMILES string of the molecule is CCOC(=O)c1sc(NC(=O)C(CC)c2ccccc2)c(C(=O)OCC)c1C. The van der Waals surface area contributed by atoms with Gasteiger partial charge in [-0.05, 0) is 38.3 Å². The molecule has 0 saturated heterocycles. The summed E-state index contributed by atoms with van der Waals surface area (Å²) in [6.45, 7) is 7.40. The van der Waals surface area contributed by atoms with E-state index < -0.39 is 11.9 Å². The number of hydrogen-bond acceptors (Lipinski definition) is 6. The molecule has 28 heavy (non-hydrogen) atoms. The van der Waals surface area contributed by atoms with Crippen molar-refractivity contribution in [3.05, 3.63) is 51.9 Å². The highest BCUT2D eigenvalue weighted by molar-refractivity contribution is 7.18. The summed E-state index contributed by atoms with van der Waals surface area (Å²) in [6.07, 6.45) is 0.597. The lowest BCUT2D eigenvalue weighted by molar-refractivity contribution is -0.117. The lowest BCUT2D eigenvalue weighted by atomic mass is 9.95. The van der Waals surface area contributed by atoms with Crippen molar-refractivity contribution in [3.63, 3.8) is 0 Å². The lowest BCUT2D eigenvalue weighted by Gasteiger charge is -2.15. The van der Waals surface area contributed by atoms with E-state index in [-0.39, 0.29) is 35.5 Å². The Bertz CT molecular complexity index is 844. The van der Waals surface area contributed by atoms with Gasteiger partial charge in [0.25, 0.3) is 0 Å². The number of carbonyl (C=O) groups excluding carboxylic acids is 3. The summed E-state index contributed by atoms with van der Waals surface area (Å²) in [4.78, 5) is 37.9. The molecular formula is C21H25NO5S. The van der Waals surface area contributed by atoms with E-state index in [4.69, 9.17) is 9.47 Å². The van der Waals surface area contributed by atoms with E-state index in [1.807, 2.05) is 37.3 Å². The fraction of sp³-hybridized carbons (Fsp3) is 0.381. The number of benzene rings is 1. The van der Waals surface area contributed by atoms with Gasteiger partial charge in [-0.1, -0.05) is 37.3 Å². The molecule has 0 aliphatic carbocycles. The van der Waals surface area contributed by atoms with Gasteiger partial charge in [-0.3, -0.25) is 4.79 Å². The maximum absolute atomic E-state index is 12.9. The van der Waals surface area contributed by atoms with Crippen LogP contribution in [0.4, 0.5) is 5.00 Å². The van der Waals surface area contributed by atoms with Crippen LogP contribution in [-0.2, 0) is 14.3 Å². The fourth-order valence-electron chi connectivity index (χ4n) is 2.90. The van der Waals surface area contributed by atoms with Crippen LogP contribution < -0.4 is 5.32 Å². The molecular weight excluding hydrogens is 378 g/mol. The Labute approximate surface area is 168 Å². The van der Waals surface area contributed by atoms with E-state index in [0.29, 0.717) is 17.0 Å². The third-order valence-corrected chi connectivity index (χ3v) is 5.44. The zero-order valence-electron chi connectivity index (χ0n) is 16.5. The molecule has 1 heterocycles. The highest BCUT2D eigenvalue weighted by Crippen LogP contribution is 2.35. The molecule has 1 aromatic heterocycles. The normalized spacial score (nSPS) is 11.6. The predicted octanol–water partition coefficient (Wildman–Crippen LogP) is 4.54. The molecule has 0 aliphatic heterocycles. The Balaban J connectivity index is 2.39. The van der Waals surface area contributed by atoms with Crippen molar-refractivity contribution in [1.29, 1.82) is 0 Å². The molecule has 1 unspecified atom stereocenters. The summed E-state index contributed by atoms with van der Waals surface area (Å²) in [5.41, 5.74) is 1.54. The van der Waals surface area contributed by atoms with Gasteiger partial charge in [0, 0.05) is 0 Å². The Morgan fingerprint density at radius 1 is 1.00 bits per heavy atom. The lowest BCUT2D eigenvalue weighted by Crippen LogP contribution is -2.21. The van der Waals surface area contributed by atoms with Crippen LogP contribution in [0, 0.1) is 6.92 Å². The molecule has 0 saturated carbocycles. The topological polar surface area (TPSA) is 81.7 Å². The number of ether oxygens (including phenoxy) is 2. The van der Waals surface area contributed by atoms with Crippen LogP contribution in [0.5, 0.6) is 0 Å². The molecule has 1 aromatic carbocycles. The Morgan fingerprint density at radius 2 is 1.61 bits per heavy atom. The maximum Gasteiger partial charge on any atom is 0.348 e. The molecule has 2 rings (SSSR count). The summed E-state index contributed by atoms with van der Waals surface area (Å²) in [6, 6.07) is 9.43. The first-order valence-corrected chi connectivity index (χ1v) is 10.1. The largest absolute Gasteiger partial charge is 0.462 e. The number of esters is 2. The minimum atomic E-state index is -0.574. The summed E-state index contributed by atoms with van der Waals surface area (Å²) < 4.78 is 10.2. The van der Waals surface area contributed by atoms with Gasteiger partial charge in [0.1, 0.15) is 9.88 Å². The van der Waals surface area contributed by atoms with Crippen molar-refractivity contribution in [2.75, 3.05) is 18.5 Å². The van der Waals surface area contributed by atoms with Crippen molar-refractivity contribution in [1.82, 2.24) is 0 Å². The van der Waals surface area contributed by atoms with Crippen molar-refractivity contribution in [2.24, 2.45) is 0 Å². The van der Waals surface area contributed by atoms with Gasteiger partial charge in [-0.15, -0.1) is 11.3 Å². The van der Waals surface area contributed by atoms with Crippen LogP contribution in [-0.4, -0.2) is 31.1 Å². The molecule has 0 fully saturated rings. The molecule has 0 aliphatic rings. The van der Waals surface area contributed by atoms with E-state index in [1.54, 1.807) is 20.8 Å². The van der Waals surface area contributed by atoms with Gasteiger partial charge in [0.2, 0.25) is 5.91 Å². The van der Waals surface area contributed by atoms with Gasteiger partial charge in [-0.2, -0.15) is 0 Å². The number of rotatable bonds is 8. The summed E-state index contributed by atoms with van der Waals surface area (Å²) in [7, 11) is 0. The molecule has 1 atom stereocenters. The van der Waals surface area contributed by atoms with Gasteiger partial charge in [-0.25, -0.2) is 9.59 Å². The zero-order chi connectivity index (χ0) is 20.7. The maximum atomic E-state index is 12.9. The van der Waals surface area contributed by atoms with E-state index in [1.165, 1.54) is 0 Å². The number of anilines is 1. The minimum absolute atomic E-state index is 0.192. The summed E-state index contributed by atoms with van der Waals surface area (Å²) in [5.74, 6) is -1.71. The average Bonchev–Trinajstić information content (AvgIpc) is 2.99. The third-order valence-electron chi connectivity index (χ3n) is 4.25. The van der Waals surface area contributed by atoms with Crippen molar-refractivity contribution >= 4 is 34.2 Å². The Morgan fingerprint density at radius 3 is 2.18 bits per heavy atom. The van der Waals surface area contributed by atoms with Gasteiger partial charge < -0.3 is 14.8 Å². The summed E-state index contributed by atoms with van der Waals surface area (Å²) in [5, 5.41) is 3.13. The van der Waals surface area contributed by atoms with E-state index in [2.05, 4.69) is 5.32 Å². The number of hydrogen-bond donors (Lipinski definition) is 1. The second kappa shape index (κ2) is 10.0. The fourth-order valence-corrected chi connectivity index (χ4v) is 3.99. The van der Waals surface area contributed by atoms with Crippen molar-refractivity contribution in [2.45, 2.75) is 40.0 Å². The molecule has 150 valence electrons. The van der Waals surface area contributed by atoms with E-state index >= 15 is 0 Å². The summed E-state index contributed by atoms with van der Waals surface area (Å²) >= 11 is 1.03. The standard InChI is InChI=1S/C21H25NO5S/c1-5-15(14-11-9-8-10-12-14)18(23)22-19-16(20(24)26-6-2)13(4)17(28-19)21(25)27-7-3/h8-12,15H,5-7H2,1-4H3,(H,22,23). The second-order valence-corrected chi connectivity index (χ2v) is 7.08. The Kier molecular flexibility index (Phi) is 7.75. The minimum Gasteiger partial charge on any atom is -0.462 e. The third kappa shape index (κ3) is 4.78. The van der Waals surface area contributed by atoms with E-state index in [0.717, 1.165) is 16.9 Å². The smallest absolute Gasteiger partial charge is 0.348 e. The first kappa shape index (κ1) is 21.6. The predicted molar refractivity (Wildman–Crippen MR) is 109 cm³/mol. The van der Waals surface area contributed by atoms with Crippen molar-refractivity contribution in [3.8, 4) is 0 Å². The van der Waals surface area contributed by atoms with Crippen LogP contribution >= 0.6 is 11.3 Å². The van der Waals surface area contributed by atoms with Gasteiger partial charge in [0.05, 0.1) is 24.7 Å². The molecule has 6 nitrogen and oxygen atoms in total. The quantitative estimate of drug-likeness (QED) is 0.654.